The van der Waals surface area contributed by atoms with E-state index in [2.05, 4.69) is 0 Å². The highest BCUT2D eigenvalue weighted by molar-refractivity contribution is 5.77. The third-order valence-electron chi connectivity index (χ3n) is 3.42. The largest absolute Gasteiger partial charge is 0.481 e. The van der Waals surface area contributed by atoms with Gasteiger partial charge in [0.05, 0.1) is 17.6 Å². The molecule has 2 N–H and O–H groups in total. The number of hydrogen-bond donors (Lipinski definition) is 2. The highest BCUT2D eigenvalue weighted by atomic mass is 16.5. The monoisotopic (exact) mass is 200 g/mol. The van der Waals surface area contributed by atoms with E-state index in [1.165, 1.54) is 0 Å². The maximum absolute atomic E-state index is 11.2. The predicted molar refractivity (Wildman–Crippen MR) is 48.9 cm³/mol. The Kier molecular flexibility index (Phi) is 2.49. The zero-order valence-corrected chi connectivity index (χ0v) is 8.11. The molecule has 2 fully saturated rings. The first-order valence-corrected chi connectivity index (χ1v) is 5.18. The molecule has 1 saturated heterocycles. The molecular weight excluding hydrogens is 184 g/mol. The number of carboxylic acid groups (broad SMARTS) is 1. The molecule has 1 atom stereocenters. The zero-order chi connectivity index (χ0) is 10.2. The first-order chi connectivity index (χ1) is 6.65. The molecule has 1 heterocycles. The van der Waals surface area contributed by atoms with Crippen LogP contribution in [0, 0.1) is 5.41 Å². The van der Waals surface area contributed by atoms with E-state index < -0.39 is 17.5 Å². The van der Waals surface area contributed by atoms with Gasteiger partial charge in [-0.15, -0.1) is 0 Å². The molecule has 4 nitrogen and oxygen atoms in total. The van der Waals surface area contributed by atoms with E-state index in [-0.39, 0.29) is 6.10 Å². The van der Waals surface area contributed by atoms with Crippen molar-refractivity contribution in [2.75, 3.05) is 6.61 Å². The molecule has 1 aliphatic heterocycles. The van der Waals surface area contributed by atoms with Crippen molar-refractivity contribution >= 4 is 5.97 Å². The van der Waals surface area contributed by atoms with Crippen LogP contribution in [0.3, 0.4) is 0 Å². The summed E-state index contributed by atoms with van der Waals surface area (Å²) in [5.41, 5.74) is -0.792. The van der Waals surface area contributed by atoms with Crippen LogP contribution < -0.4 is 0 Å². The molecule has 0 spiro atoms. The van der Waals surface area contributed by atoms with Crippen molar-refractivity contribution in [3.63, 3.8) is 0 Å². The smallest absolute Gasteiger partial charge is 0.312 e. The second-order valence-corrected chi connectivity index (χ2v) is 4.38. The minimum absolute atomic E-state index is 0.183. The predicted octanol–water partition coefficient (Wildman–Crippen LogP) is 0.781. The van der Waals surface area contributed by atoms with Gasteiger partial charge in [-0.05, 0) is 32.1 Å². The maximum Gasteiger partial charge on any atom is 0.312 e. The molecule has 0 aromatic rings. The van der Waals surface area contributed by atoms with E-state index in [0.717, 1.165) is 19.3 Å². The molecule has 0 aromatic carbocycles. The van der Waals surface area contributed by atoms with Crippen LogP contribution in [-0.4, -0.2) is 35.0 Å². The minimum Gasteiger partial charge on any atom is -0.481 e. The molecule has 1 aliphatic carbocycles. The topological polar surface area (TPSA) is 66.8 Å². The molecule has 0 radical (unpaired) electrons. The molecule has 0 aromatic heterocycles. The van der Waals surface area contributed by atoms with E-state index in [9.17, 15) is 9.90 Å². The van der Waals surface area contributed by atoms with E-state index in [4.69, 9.17) is 9.84 Å². The summed E-state index contributed by atoms with van der Waals surface area (Å²) in [6.07, 6.45) is 2.96. The summed E-state index contributed by atoms with van der Waals surface area (Å²) < 4.78 is 5.50. The summed E-state index contributed by atoms with van der Waals surface area (Å²) in [5, 5.41) is 18.4. The number of aliphatic hydroxyl groups is 1. The lowest BCUT2D eigenvalue weighted by Crippen LogP contribution is -2.56. The van der Waals surface area contributed by atoms with E-state index in [0.29, 0.717) is 19.4 Å². The van der Waals surface area contributed by atoms with Gasteiger partial charge in [0, 0.05) is 6.61 Å². The summed E-state index contributed by atoms with van der Waals surface area (Å²) in [4.78, 5) is 11.2. The molecule has 4 heteroatoms. The molecule has 1 saturated carbocycles. The quantitative estimate of drug-likeness (QED) is 0.691. The Labute approximate surface area is 82.9 Å². The Morgan fingerprint density at radius 2 is 2.07 bits per heavy atom. The Bertz CT molecular complexity index is 226. The zero-order valence-electron chi connectivity index (χ0n) is 8.11. The highest BCUT2D eigenvalue weighted by Gasteiger charge is 2.56. The lowest BCUT2D eigenvalue weighted by Gasteiger charge is -2.47. The molecule has 14 heavy (non-hydrogen) atoms. The summed E-state index contributed by atoms with van der Waals surface area (Å²) >= 11 is 0. The van der Waals surface area contributed by atoms with Gasteiger partial charge in [-0.1, -0.05) is 0 Å². The third kappa shape index (κ3) is 1.42. The number of aliphatic carboxylic acids is 1. The van der Waals surface area contributed by atoms with Crippen molar-refractivity contribution < 1.29 is 19.7 Å². The standard InChI is InChI=1S/C10H16O4/c11-7-5-10(6-7,9(12)13)8-3-1-2-4-14-8/h7-8,11H,1-6H2,(H,12,13). The van der Waals surface area contributed by atoms with Crippen LogP contribution in [0.25, 0.3) is 0 Å². The van der Waals surface area contributed by atoms with Crippen molar-refractivity contribution in [1.29, 1.82) is 0 Å². The fraction of sp³-hybridized carbons (Fsp3) is 0.900. The average molecular weight is 200 g/mol. The molecule has 2 aliphatic rings. The van der Waals surface area contributed by atoms with Gasteiger partial charge in [0.15, 0.2) is 0 Å². The van der Waals surface area contributed by atoms with Crippen molar-refractivity contribution in [3.05, 3.63) is 0 Å². The van der Waals surface area contributed by atoms with Crippen LogP contribution >= 0.6 is 0 Å². The fourth-order valence-corrected chi connectivity index (χ4v) is 2.53. The Morgan fingerprint density at radius 3 is 2.50 bits per heavy atom. The van der Waals surface area contributed by atoms with E-state index in [1.807, 2.05) is 0 Å². The van der Waals surface area contributed by atoms with Crippen LogP contribution in [0.5, 0.6) is 0 Å². The molecule has 2 rings (SSSR count). The molecule has 1 unspecified atom stereocenters. The lowest BCUT2D eigenvalue weighted by molar-refractivity contribution is -0.190. The first-order valence-electron chi connectivity index (χ1n) is 5.18. The van der Waals surface area contributed by atoms with Gasteiger partial charge >= 0.3 is 5.97 Å². The van der Waals surface area contributed by atoms with Gasteiger partial charge in [0.25, 0.3) is 0 Å². The first kappa shape index (κ1) is 9.93. The molecule has 80 valence electrons. The summed E-state index contributed by atoms with van der Waals surface area (Å²) in [5.74, 6) is -0.810. The number of aliphatic hydroxyl groups excluding tert-OH is 1. The molecule has 0 bridgehead atoms. The number of carboxylic acids is 1. The van der Waals surface area contributed by atoms with Gasteiger partial charge in [-0.2, -0.15) is 0 Å². The summed E-state index contributed by atoms with van der Waals surface area (Å²) in [7, 11) is 0. The van der Waals surface area contributed by atoms with Gasteiger partial charge in [0.2, 0.25) is 0 Å². The average Bonchev–Trinajstić information content (AvgIpc) is 2.13. The van der Waals surface area contributed by atoms with E-state index >= 15 is 0 Å². The highest BCUT2D eigenvalue weighted by Crippen LogP contribution is 2.47. The van der Waals surface area contributed by atoms with Crippen LogP contribution in [0.1, 0.15) is 32.1 Å². The van der Waals surface area contributed by atoms with Crippen molar-refractivity contribution in [2.24, 2.45) is 5.41 Å². The van der Waals surface area contributed by atoms with Crippen LogP contribution in [0.15, 0.2) is 0 Å². The SMILES string of the molecule is O=C(O)C1(C2CCCCO2)CC(O)C1. The maximum atomic E-state index is 11.2. The van der Waals surface area contributed by atoms with Crippen molar-refractivity contribution in [1.82, 2.24) is 0 Å². The molecular formula is C10H16O4. The Hall–Kier alpha value is -0.610. The Morgan fingerprint density at radius 1 is 1.36 bits per heavy atom. The van der Waals surface area contributed by atoms with Gasteiger partial charge in [0.1, 0.15) is 0 Å². The van der Waals surface area contributed by atoms with Gasteiger partial charge in [-0.25, -0.2) is 0 Å². The number of carbonyl (C=O) groups is 1. The minimum atomic E-state index is -0.810. The van der Waals surface area contributed by atoms with Gasteiger partial charge < -0.3 is 14.9 Å². The number of rotatable bonds is 2. The summed E-state index contributed by atoms with van der Waals surface area (Å²) in [6, 6.07) is 0. The fourth-order valence-electron chi connectivity index (χ4n) is 2.53. The number of hydrogen-bond acceptors (Lipinski definition) is 3. The number of ether oxygens (including phenoxy) is 1. The summed E-state index contributed by atoms with van der Waals surface area (Å²) in [6.45, 7) is 0.662. The van der Waals surface area contributed by atoms with Crippen LogP contribution in [0.2, 0.25) is 0 Å². The van der Waals surface area contributed by atoms with E-state index in [1.54, 1.807) is 0 Å². The Balaban J connectivity index is 2.07. The molecule has 0 amide bonds. The van der Waals surface area contributed by atoms with Gasteiger partial charge in [-0.3, -0.25) is 4.79 Å². The van der Waals surface area contributed by atoms with Crippen molar-refractivity contribution in [3.8, 4) is 0 Å². The van der Waals surface area contributed by atoms with Crippen molar-refractivity contribution in [2.45, 2.75) is 44.3 Å². The third-order valence-corrected chi connectivity index (χ3v) is 3.42. The second-order valence-electron chi connectivity index (χ2n) is 4.38. The second kappa shape index (κ2) is 3.51. The lowest BCUT2D eigenvalue weighted by atomic mass is 9.62. The van der Waals surface area contributed by atoms with Crippen LogP contribution in [0.4, 0.5) is 0 Å². The van der Waals surface area contributed by atoms with Crippen LogP contribution in [-0.2, 0) is 9.53 Å². The normalized spacial score (nSPS) is 42.9.